The lowest BCUT2D eigenvalue weighted by Gasteiger charge is -2.33. The summed E-state index contributed by atoms with van der Waals surface area (Å²) in [6, 6.07) is 6.82. The Balaban J connectivity index is 1.61. The van der Waals surface area contributed by atoms with E-state index in [4.69, 9.17) is 0 Å². The lowest BCUT2D eigenvalue weighted by Crippen LogP contribution is -2.47. The molecule has 0 atom stereocenters. The fraction of sp³-hybridized carbons (Fsp3) is 0.467. The fourth-order valence-corrected chi connectivity index (χ4v) is 3.52. The van der Waals surface area contributed by atoms with Crippen LogP contribution in [0.4, 0.5) is 13.2 Å². The van der Waals surface area contributed by atoms with Crippen molar-refractivity contribution in [1.29, 1.82) is 0 Å². The second kappa shape index (κ2) is 6.97. The summed E-state index contributed by atoms with van der Waals surface area (Å²) in [7, 11) is -3.16. The van der Waals surface area contributed by atoms with E-state index in [1.165, 1.54) is 10.6 Å². The lowest BCUT2D eigenvalue weighted by atomic mass is 10.1. The molecule has 1 aliphatic heterocycles. The van der Waals surface area contributed by atoms with E-state index >= 15 is 0 Å². The number of sulfonamides is 1. The predicted octanol–water partition coefficient (Wildman–Crippen LogP) is 1.83. The highest BCUT2D eigenvalue weighted by Gasteiger charge is 2.38. The lowest BCUT2D eigenvalue weighted by molar-refractivity contribution is -0.159. The Morgan fingerprint density at radius 1 is 1.12 bits per heavy atom. The summed E-state index contributed by atoms with van der Waals surface area (Å²) in [5, 5.41) is 3.35. The van der Waals surface area contributed by atoms with Crippen LogP contribution in [0.15, 0.2) is 28.8 Å². The summed E-state index contributed by atoms with van der Waals surface area (Å²) in [6.07, 6.45) is -3.47. The van der Waals surface area contributed by atoms with Gasteiger partial charge in [-0.25, -0.2) is 8.42 Å². The van der Waals surface area contributed by atoms with E-state index in [1.54, 1.807) is 24.3 Å². The van der Waals surface area contributed by atoms with Gasteiger partial charge in [-0.3, -0.25) is 4.90 Å². The van der Waals surface area contributed by atoms with Crippen LogP contribution in [0, 0.1) is 0 Å². The van der Waals surface area contributed by atoms with Crippen LogP contribution in [0.25, 0.3) is 11.4 Å². The molecule has 0 saturated carbocycles. The molecule has 0 spiro atoms. The number of rotatable bonds is 4. The number of piperazine rings is 1. The van der Waals surface area contributed by atoms with Crippen molar-refractivity contribution in [1.82, 2.24) is 19.3 Å². The Morgan fingerprint density at radius 3 is 2.23 bits per heavy atom. The summed E-state index contributed by atoms with van der Waals surface area (Å²) in [4.78, 5) is 5.47. The van der Waals surface area contributed by atoms with Gasteiger partial charge >= 0.3 is 12.1 Å². The van der Waals surface area contributed by atoms with Gasteiger partial charge in [0.1, 0.15) is 0 Å². The molecule has 0 bridgehead atoms. The number of alkyl halides is 3. The topological polar surface area (TPSA) is 79.5 Å². The predicted molar refractivity (Wildman–Crippen MR) is 86.4 cm³/mol. The maximum Gasteiger partial charge on any atom is 0.471 e. The van der Waals surface area contributed by atoms with Crippen LogP contribution in [0.2, 0.25) is 0 Å². The van der Waals surface area contributed by atoms with Crippen molar-refractivity contribution in [3.63, 3.8) is 0 Å². The molecule has 0 radical (unpaired) electrons. The number of benzene rings is 1. The Hall–Kier alpha value is -1.98. The van der Waals surface area contributed by atoms with Gasteiger partial charge in [0.2, 0.25) is 15.8 Å². The zero-order valence-corrected chi connectivity index (χ0v) is 14.7. The van der Waals surface area contributed by atoms with Crippen LogP contribution >= 0.6 is 0 Å². The number of nitrogens with zero attached hydrogens (tertiary/aromatic N) is 4. The Labute approximate surface area is 148 Å². The van der Waals surface area contributed by atoms with E-state index in [2.05, 4.69) is 19.6 Å². The summed E-state index contributed by atoms with van der Waals surface area (Å²) < 4.78 is 66.2. The third-order valence-electron chi connectivity index (χ3n) is 4.09. The summed E-state index contributed by atoms with van der Waals surface area (Å²) in [5.74, 6) is -1.49. The standard InChI is InChI=1S/C15H17F3N4O3S/c1-26(23,24)22-8-6-21(7-9-22)10-11-2-4-12(5-3-11)13-19-14(25-20-13)15(16,17)18/h2-5H,6-10H2,1H3. The summed E-state index contributed by atoms with van der Waals surface area (Å²) >= 11 is 0. The van der Waals surface area contributed by atoms with Crippen molar-refractivity contribution in [3.05, 3.63) is 35.7 Å². The van der Waals surface area contributed by atoms with Crippen LogP contribution < -0.4 is 0 Å². The average molecular weight is 390 g/mol. The highest BCUT2D eigenvalue weighted by Crippen LogP contribution is 2.29. The average Bonchev–Trinajstić information content (AvgIpc) is 3.05. The molecular formula is C15H17F3N4O3S. The van der Waals surface area contributed by atoms with Crippen LogP contribution in [0.3, 0.4) is 0 Å². The van der Waals surface area contributed by atoms with E-state index < -0.39 is 22.1 Å². The molecule has 11 heteroatoms. The first kappa shape index (κ1) is 18.8. The normalized spacial score (nSPS) is 17.5. The molecule has 1 aromatic carbocycles. The maximum atomic E-state index is 12.5. The second-order valence-corrected chi connectivity index (χ2v) is 8.04. The van der Waals surface area contributed by atoms with E-state index in [-0.39, 0.29) is 5.82 Å². The van der Waals surface area contributed by atoms with E-state index in [0.29, 0.717) is 38.3 Å². The Morgan fingerprint density at radius 2 is 1.73 bits per heavy atom. The van der Waals surface area contributed by atoms with Gasteiger partial charge in [-0.2, -0.15) is 22.5 Å². The maximum absolute atomic E-state index is 12.5. The highest BCUT2D eigenvalue weighted by molar-refractivity contribution is 7.88. The summed E-state index contributed by atoms with van der Waals surface area (Å²) in [6.45, 7) is 2.75. The molecule has 0 unspecified atom stereocenters. The Bertz CT molecular complexity index is 857. The molecule has 2 heterocycles. The van der Waals surface area contributed by atoms with E-state index in [0.717, 1.165) is 5.56 Å². The highest BCUT2D eigenvalue weighted by atomic mass is 32.2. The number of hydrogen-bond acceptors (Lipinski definition) is 6. The largest absolute Gasteiger partial charge is 0.471 e. The van der Waals surface area contributed by atoms with Crippen molar-refractivity contribution in [3.8, 4) is 11.4 Å². The van der Waals surface area contributed by atoms with Crippen LogP contribution in [-0.2, 0) is 22.7 Å². The van der Waals surface area contributed by atoms with Crippen LogP contribution in [-0.4, -0.2) is 60.2 Å². The zero-order valence-electron chi connectivity index (χ0n) is 13.9. The molecule has 1 aliphatic rings. The molecule has 1 fully saturated rings. The molecule has 142 valence electrons. The zero-order chi connectivity index (χ0) is 18.9. The molecule has 26 heavy (non-hydrogen) atoms. The van der Waals surface area contributed by atoms with Gasteiger partial charge in [0.15, 0.2) is 0 Å². The molecule has 7 nitrogen and oxygen atoms in total. The number of halogens is 3. The molecule has 3 rings (SSSR count). The minimum absolute atomic E-state index is 0.120. The minimum atomic E-state index is -4.67. The molecule has 0 amide bonds. The van der Waals surface area contributed by atoms with Gasteiger partial charge in [-0.15, -0.1) is 0 Å². The van der Waals surface area contributed by atoms with Gasteiger partial charge in [-0.05, 0) is 5.56 Å². The molecular weight excluding hydrogens is 373 g/mol. The second-order valence-electron chi connectivity index (χ2n) is 6.06. The first-order valence-corrected chi connectivity index (χ1v) is 9.65. The van der Waals surface area contributed by atoms with Crippen LogP contribution in [0.5, 0.6) is 0 Å². The quantitative estimate of drug-likeness (QED) is 0.793. The first-order chi connectivity index (χ1) is 12.1. The van der Waals surface area contributed by atoms with E-state index in [9.17, 15) is 21.6 Å². The van der Waals surface area contributed by atoms with E-state index in [1.807, 2.05) is 0 Å². The van der Waals surface area contributed by atoms with Crippen molar-refractivity contribution in [2.75, 3.05) is 32.4 Å². The SMILES string of the molecule is CS(=O)(=O)N1CCN(Cc2ccc(-c3noc(C(F)(F)F)n3)cc2)CC1. The minimum Gasteiger partial charge on any atom is -0.329 e. The van der Waals surface area contributed by atoms with Gasteiger partial charge in [0.05, 0.1) is 6.26 Å². The number of aromatic nitrogens is 2. The van der Waals surface area contributed by atoms with Crippen LogP contribution in [0.1, 0.15) is 11.5 Å². The Kier molecular flexibility index (Phi) is 5.04. The molecule has 2 aromatic rings. The monoisotopic (exact) mass is 390 g/mol. The molecule has 1 aromatic heterocycles. The third-order valence-corrected chi connectivity index (χ3v) is 5.39. The first-order valence-electron chi connectivity index (χ1n) is 7.80. The molecule has 0 N–H and O–H groups in total. The molecule has 1 saturated heterocycles. The van der Waals surface area contributed by atoms with Gasteiger partial charge < -0.3 is 4.52 Å². The van der Waals surface area contributed by atoms with Gasteiger partial charge in [0, 0.05) is 38.3 Å². The van der Waals surface area contributed by atoms with Crippen molar-refractivity contribution in [2.24, 2.45) is 0 Å². The summed E-state index contributed by atoms with van der Waals surface area (Å²) in [5.41, 5.74) is 1.39. The van der Waals surface area contributed by atoms with Crippen molar-refractivity contribution >= 4 is 10.0 Å². The number of hydrogen-bond donors (Lipinski definition) is 0. The van der Waals surface area contributed by atoms with Gasteiger partial charge in [0.25, 0.3) is 0 Å². The third kappa shape index (κ3) is 4.40. The van der Waals surface area contributed by atoms with Crippen molar-refractivity contribution < 1.29 is 26.1 Å². The van der Waals surface area contributed by atoms with Crippen molar-refractivity contribution in [2.45, 2.75) is 12.7 Å². The fourth-order valence-electron chi connectivity index (χ4n) is 2.69. The smallest absolute Gasteiger partial charge is 0.329 e. The molecule has 0 aliphatic carbocycles. The van der Waals surface area contributed by atoms with Gasteiger partial charge in [-0.1, -0.05) is 29.4 Å².